The third kappa shape index (κ3) is 2.26. The molecule has 1 rings (SSSR count). The third-order valence-corrected chi connectivity index (χ3v) is 2.66. The maximum absolute atomic E-state index is 11.7. The zero-order valence-electron chi connectivity index (χ0n) is 8.59. The van der Waals surface area contributed by atoms with Crippen LogP contribution < -0.4 is 5.32 Å². The Morgan fingerprint density at radius 2 is 2.21 bits per heavy atom. The van der Waals surface area contributed by atoms with E-state index in [2.05, 4.69) is 33.0 Å². The minimum absolute atomic E-state index is 0.0234. The fourth-order valence-corrected chi connectivity index (χ4v) is 1.62. The van der Waals surface area contributed by atoms with E-state index in [0.29, 0.717) is 12.1 Å². The summed E-state index contributed by atoms with van der Waals surface area (Å²) in [5.41, 5.74) is 2.40. The van der Waals surface area contributed by atoms with E-state index in [1.54, 1.807) is 4.68 Å². The summed E-state index contributed by atoms with van der Waals surface area (Å²) in [5, 5.41) is 7.04. The number of nitrogens with one attached hydrogen (secondary N) is 1. The Morgan fingerprint density at radius 1 is 1.57 bits per heavy atom. The van der Waals surface area contributed by atoms with E-state index in [9.17, 15) is 4.79 Å². The third-order valence-electron chi connectivity index (χ3n) is 2.12. The number of carbonyl (C=O) groups excluding carboxylic acids is 1. The molecular weight excluding hydrogens is 293 g/mol. The Balaban J connectivity index is 2.89. The van der Waals surface area contributed by atoms with Crippen molar-refractivity contribution in [3.8, 4) is 0 Å². The number of nitrogens with zero attached hydrogens (tertiary/aromatic N) is 2. The van der Waals surface area contributed by atoms with Crippen LogP contribution in [0.2, 0.25) is 0 Å². The van der Waals surface area contributed by atoms with Gasteiger partial charge >= 0.3 is 0 Å². The highest BCUT2D eigenvalue weighted by molar-refractivity contribution is 14.1. The van der Waals surface area contributed by atoms with E-state index in [0.717, 1.165) is 15.8 Å². The standard InChI is InChI=1S/C9H14IN3O/c1-6-8(7(2)13(3)12-6)9(14)11-5-4-10/h4-5H2,1-3H3,(H,11,14). The predicted molar refractivity (Wildman–Crippen MR) is 63.9 cm³/mol. The molecule has 0 radical (unpaired) electrons. The molecule has 1 heterocycles. The highest BCUT2D eigenvalue weighted by Crippen LogP contribution is 2.11. The van der Waals surface area contributed by atoms with Crippen molar-refractivity contribution in [3.05, 3.63) is 17.0 Å². The number of rotatable bonds is 3. The molecule has 0 aliphatic carbocycles. The second kappa shape index (κ2) is 4.77. The van der Waals surface area contributed by atoms with Crippen LogP contribution in [-0.2, 0) is 7.05 Å². The number of hydrogen-bond donors (Lipinski definition) is 1. The number of carbonyl (C=O) groups is 1. The second-order valence-corrected chi connectivity index (χ2v) is 4.19. The fraction of sp³-hybridized carbons (Fsp3) is 0.556. The van der Waals surface area contributed by atoms with Gasteiger partial charge in [0.2, 0.25) is 0 Å². The van der Waals surface area contributed by atoms with Crippen LogP contribution in [0.1, 0.15) is 21.7 Å². The SMILES string of the molecule is Cc1nn(C)c(C)c1C(=O)NCCI. The van der Waals surface area contributed by atoms with Gasteiger partial charge in [0.05, 0.1) is 11.3 Å². The van der Waals surface area contributed by atoms with Gasteiger partial charge in [-0.3, -0.25) is 9.48 Å². The molecule has 5 heteroatoms. The Kier molecular flexibility index (Phi) is 3.91. The summed E-state index contributed by atoms with van der Waals surface area (Å²) in [6, 6.07) is 0. The van der Waals surface area contributed by atoms with Crippen LogP contribution in [-0.4, -0.2) is 26.7 Å². The van der Waals surface area contributed by atoms with Gasteiger partial charge in [-0.1, -0.05) is 22.6 Å². The molecule has 4 nitrogen and oxygen atoms in total. The van der Waals surface area contributed by atoms with Crippen molar-refractivity contribution in [2.75, 3.05) is 11.0 Å². The molecule has 0 unspecified atom stereocenters. The minimum atomic E-state index is -0.0234. The van der Waals surface area contributed by atoms with Crippen molar-refractivity contribution in [2.45, 2.75) is 13.8 Å². The minimum Gasteiger partial charge on any atom is -0.351 e. The molecule has 0 atom stereocenters. The van der Waals surface area contributed by atoms with Gasteiger partial charge in [0.25, 0.3) is 5.91 Å². The number of hydrogen-bond acceptors (Lipinski definition) is 2. The lowest BCUT2D eigenvalue weighted by Crippen LogP contribution is -2.26. The van der Waals surface area contributed by atoms with Crippen molar-refractivity contribution >= 4 is 28.5 Å². The average Bonchev–Trinajstić information content (AvgIpc) is 2.38. The van der Waals surface area contributed by atoms with Crippen LogP contribution in [0, 0.1) is 13.8 Å². The number of amides is 1. The number of aromatic nitrogens is 2. The Bertz CT molecular complexity index is 346. The summed E-state index contributed by atoms with van der Waals surface area (Å²) < 4.78 is 2.65. The first-order valence-corrected chi connectivity index (χ1v) is 5.94. The smallest absolute Gasteiger partial charge is 0.255 e. The van der Waals surface area contributed by atoms with Crippen LogP contribution in [0.3, 0.4) is 0 Å². The van der Waals surface area contributed by atoms with Gasteiger partial charge in [-0.2, -0.15) is 5.10 Å². The van der Waals surface area contributed by atoms with Gasteiger partial charge in [-0.05, 0) is 13.8 Å². The van der Waals surface area contributed by atoms with E-state index < -0.39 is 0 Å². The normalized spacial score (nSPS) is 10.3. The van der Waals surface area contributed by atoms with Crippen LogP contribution in [0.5, 0.6) is 0 Å². The average molecular weight is 307 g/mol. The molecule has 0 aliphatic heterocycles. The van der Waals surface area contributed by atoms with Crippen LogP contribution in [0.15, 0.2) is 0 Å². The number of aryl methyl sites for hydroxylation is 2. The highest BCUT2D eigenvalue weighted by atomic mass is 127. The molecule has 14 heavy (non-hydrogen) atoms. The van der Waals surface area contributed by atoms with E-state index in [4.69, 9.17) is 0 Å². The van der Waals surface area contributed by atoms with Gasteiger partial charge in [-0.15, -0.1) is 0 Å². The molecule has 0 aromatic carbocycles. The first-order valence-electron chi connectivity index (χ1n) is 4.42. The summed E-state index contributed by atoms with van der Waals surface area (Å²) in [7, 11) is 1.84. The molecule has 78 valence electrons. The lowest BCUT2D eigenvalue weighted by atomic mass is 10.2. The van der Waals surface area contributed by atoms with Gasteiger partial charge in [0, 0.05) is 23.7 Å². The van der Waals surface area contributed by atoms with Gasteiger partial charge in [0.1, 0.15) is 0 Å². The number of alkyl halides is 1. The molecule has 1 N–H and O–H groups in total. The van der Waals surface area contributed by atoms with Crippen LogP contribution in [0.4, 0.5) is 0 Å². The molecule has 1 aromatic heterocycles. The second-order valence-electron chi connectivity index (χ2n) is 3.11. The summed E-state index contributed by atoms with van der Waals surface area (Å²) >= 11 is 2.23. The first-order chi connectivity index (χ1) is 6.57. The lowest BCUT2D eigenvalue weighted by molar-refractivity contribution is 0.0955. The molecular formula is C9H14IN3O. The summed E-state index contributed by atoms with van der Waals surface area (Å²) in [4.78, 5) is 11.7. The summed E-state index contributed by atoms with van der Waals surface area (Å²) in [5.74, 6) is -0.0234. The Hall–Kier alpha value is -0.590. The molecule has 0 saturated carbocycles. The highest BCUT2D eigenvalue weighted by Gasteiger charge is 2.16. The molecule has 1 amide bonds. The maximum atomic E-state index is 11.7. The van der Waals surface area contributed by atoms with Crippen molar-refractivity contribution < 1.29 is 4.79 Å². The van der Waals surface area contributed by atoms with E-state index in [1.165, 1.54) is 0 Å². The van der Waals surface area contributed by atoms with E-state index in [-0.39, 0.29) is 5.91 Å². The largest absolute Gasteiger partial charge is 0.351 e. The molecule has 0 aliphatic rings. The van der Waals surface area contributed by atoms with Crippen molar-refractivity contribution in [2.24, 2.45) is 7.05 Å². The molecule has 0 fully saturated rings. The van der Waals surface area contributed by atoms with Crippen LogP contribution >= 0.6 is 22.6 Å². The predicted octanol–water partition coefficient (Wildman–Crippen LogP) is 1.20. The monoisotopic (exact) mass is 307 g/mol. The van der Waals surface area contributed by atoms with Gasteiger partial charge < -0.3 is 5.32 Å². The topological polar surface area (TPSA) is 46.9 Å². The quantitative estimate of drug-likeness (QED) is 0.674. The zero-order chi connectivity index (χ0) is 10.7. The zero-order valence-corrected chi connectivity index (χ0v) is 10.8. The molecule has 0 saturated heterocycles. The van der Waals surface area contributed by atoms with Crippen molar-refractivity contribution in [1.29, 1.82) is 0 Å². The van der Waals surface area contributed by atoms with E-state index >= 15 is 0 Å². The molecule has 0 bridgehead atoms. The molecule has 1 aromatic rings. The Morgan fingerprint density at radius 3 is 2.64 bits per heavy atom. The fourth-order valence-electron chi connectivity index (χ4n) is 1.35. The van der Waals surface area contributed by atoms with Gasteiger partial charge in [-0.25, -0.2) is 0 Å². The first kappa shape index (κ1) is 11.5. The summed E-state index contributed by atoms with van der Waals surface area (Å²) in [6.07, 6.45) is 0. The van der Waals surface area contributed by atoms with Crippen molar-refractivity contribution in [3.63, 3.8) is 0 Å². The van der Waals surface area contributed by atoms with E-state index in [1.807, 2.05) is 20.9 Å². The molecule has 0 spiro atoms. The van der Waals surface area contributed by atoms with Crippen LogP contribution in [0.25, 0.3) is 0 Å². The van der Waals surface area contributed by atoms with Gasteiger partial charge in [0.15, 0.2) is 0 Å². The van der Waals surface area contributed by atoms with Crippen molar-refractivity contribution in [1.82, 2.24) is 15.1 Å². The lowest BCUT2D eigenvalue weighted by Gasteiger charge is -2.02. The number of halogens is 1. The Labute approximate surface area is 97.2 Å². The maximum Gasteiger partial charge on any atom is 0.255 e. The summed E-state index contributed by atoms with van der Waals surface area (Å²) in [6.45, 7) is 4.46.